The fourth-order valence-corrected chi connectivity index (χ4v) is 1.83. The monoisotopic (exact) mass is 330 g/mol. The van der Waals surface area contributed by atoms with Crippen molar-refractivity contribution in [3.63, 3.8) is 0 Å². The van der Waals surface area contributed by atoms with Crippen LogP contribution in [0.3, 0.4) is 0 Å². The number of benzene rings is 1. The molecule has 0 bridgehead atoms. The van der Waals surface area contributed by atoms with Gasteiger partial charge in [0.25, 0.3) is 5.69 Å². The maximum atomic E-state index is 10.6. The normalized spacial score (nSPS) is 12.4. The van der Waals surface area contributed by atoms with Gasteiger partial charge in [0.2, 0.25) is 0 Å². The largest absolute Gasteiger partial charge is 0.288 e. The summed E-state index contributed by atoms with van der Waals surface area (Å²) < 4.78 is 1.52. The Kier molecular flexibility index (Phi) is 3.63. The topological polar surface area (TPSA) is 73.8 Å². The van der Waals surface area contributed by atoms with E-state index in [-0.39, 0.29) is 15.5 Å². The molecule has 1 heterocycles. The number of rotatable bonds is 3. The minimum atomic E-state index is -0.528. The van der Waals surface area contributed by atoms with E-state index < -0.39 is 4.92 Å². The van der Waals surface area contributed by atoms with E-state index in [0.717, 1.165) is 5.69 Å². The summed E-state index contributed by atoms with van der Waals surface area (Å²) >= 11 is 9.21. The highest BCUT2D eigenvalue weighted by Gasteiger charge is 2.14. The van der Waals surface area contributed by atoms with Crippen molar-refractivity contribution in [2.24, 2.45) is 0 Å². The van der Waals surface area contributed by atoms with E-state index in [9.17, 15) is 10.1 Å². The van der Waals surface area contributed by atoms with Crippen LogP contribution in [0.2, 0.25) is 5.02 Å². The van der Waals surface area contributed by atoms with Crippen LogP contribution in [0.1, 0.15) is 17.4 Å². The maximum absolute atomic E-state index is 10.6. The van der Waals surface area contributed by atoms with Gasteiger partial charge in [-0.05, 0) is 19.1 Å². The molecule has 1 aromatic carbocycles. The van der Waals surface area contributed by atoms with Crippen LogP contribution < -0.4 is 0 Å². The van der Waals surface area contributed by atoms with E-state index in [1.54, 1.807) is 12.3 Å². The molecule has 0 radical (unpaired) electrons. The van der Waals surface area contributed by atoms with E-state index in [2.05, 4.69) is 26.2 Å². The first-order valence-electron chi connectivity index (χ1n) is 4.99. The van der Waals surface area contributed by atoms with Crippen LogP contribution in [-0.2, 0) is 0 Å². The minimum Gasteiger partial charge on any atom is -0.258 e. The SMILES string of the molecule is CC(Br)c1cn(-c2ccc([N+](=O)[O-])c(Cl)c2)nn1. The molecule has 18 heavy (non-hydrogen) atoms. The van der Waals surface area contributed by atoms with Crippen molar-refractivity contribution in [1.29, 1.82) is 0 Å². The standard InChI is InChI=1S/C10H8BrClN4O2/c1-6(11)9-5-15(14-13-9)7-2-3-10(16(17)18)8(12)4-7/h2-6H,1H3. The molecule has 0 saturated heterocycles. The molecule has 1 atom stereocenters. The van der Waals surface area contributed by atoms with Crippen LogP contribution in [0.5, 0.6) is 0 Å². The van der Waals surface area contributed by atoms with Crippen LogP contribution in [0.15, 0.2) is 24.4 Å². The lowest BCUT2D eigenvalue weighted by atomic mass is 10.3. The summed E-state index contributed by atoms with van der Waals surface area (Å²) in [6.45, 7) is 1.93. The van der Waals surface area contributed by atoms with E-state index in [1.807, 2.05) is 6.92 Å². The molecule has 0 fully saturated rings. The summed E-state index contributed by atoms with van der Waals surface area (Å²) in [6, 6.07) is 4.40. The Labute approximate surface area is 116 Å². The van der Waals surface area contributed by atoms with Gasteiger partial charge in [-0.25, -0.2) is 4.68 Å². The van der Waals surface area contributed by atoms with Crippen molar-refractivity contribution in [2.75, 3.05) is 0 Å². The highest BCUT2D eigenvalue weighted by Crippen LogP contribution is 2.27. The summed E-state index contributed by atoms with van der Waals surface area (Å²) in [7, 11) is 0. The summed E-state index contributed by atoms with van der Waals surface area (Å²) in [5, 5.41) is 18.6. The van der Waals surface area contributed by atoms with Gasteiger partial charge in [-0.1, -0.05) is 32.7 Å². The third-order valence-electron chi connectivity index (χ3n) is 2.31. The quantitative estimate of drug-likeness (QED) is 0.491. The molecular weight excluding hydrogens is 323 g/mol. The number of nitro groups is 1. The molecule has 0 spiro atoms. The number of alkyl halides is 1. The Bertz CT molecular complexity index is 599. The lowest BCUT2D eigenvalue weighted by Crippen LogP contribution is -1.96. The fourth-order valence-electron chi connectivity index (χ4n) is 1.37. The number of nitrogens with zero attached hydrogens (tertiary/aromatic N) is 4. The minimum absolute atomic E-state index is 0.0708. The van der Waals surface area contributed by atoms with Crippen LogP contribution >= 0.6 is 27.5 Å². The summed E-state index contributed by atoms with van der Waals surface area (Å²) in [6.07, 6.45) is 1.73. The predicted molar refractivity (Wildman–Crippen MR) is 70.4 cm³/mol. The Morgan fingerprint density at radius 2 is 2.28 bits per heavy atom. The molecule has 8 heteroatoms. The molecule has 1 unspecified atom stereocenters. The molecule has 2 aromatic rings. The third kappa shape index (κ3) is 2.51. The van der Waals surface area contributed by atoms with E-state index in [4.69, 9.17) is 11.6 Å². The van der Waals surface area contributed by atoms with E-state index in [1.165, 1.54) is 16.8 Å². The number of aromatic nitrogens is 3. The number of hydrogen-bond acceptors (Lipinski definition) is 4. The molecule has 0 aliphatic heterocycles. The zero-order chi connectivity index (χ0) is 13.3. The van der Waals surface area contributed by atoms with Crippen molar-refractivity contribution in [2.45, 2.75) is 11.8 Å². The summed E-state index contributed by atoms with van der Waals surface area (Å²) in [5.41, 5.74) is 1.26. The van der Waals surface area contributed by atoms with Gasteiger partial charge in [-0.15, -0.1) is 5.10 Å². The van der Waals surface area contributed by atoms with Gasteiger partial charge in [0.05, 0.1) is 27.3 Å². The van der Waals surface area contributed by atoms with Gasteiger partial charge < -0.3 is 0 Å². The first-order valence-corrected chi connectivity index (χ1v) is 6.29. The van der Waals surface area contributed by atoms with Crippen LogP contribution in [0, 0.1) is 10.1 Å². The van der Waals surface area contributed by atoms with Gasteiger partial charge >= 0.3 is 0 Å². The van der Waals surface area contributed by atoms with Crippen molar-refractivity contribution in [3.8, 4) is 5.69 Å². The van der Waals surface area contributed by atoms with Crippen molar-refractivity contribution >= 4 is 33.2 Å². The molecule has 1 aromatic heterocycles. The fraction of sp³-hybridized carbons (Fsp3) is 0.200. The molecule has 0 aliphatic carbocycles. The Morgan fingerprint density at radius 3 is 2.78 bits per heavy atom. The number of hydrogen-bond donors (Lipinski definition) is 0. The Hall–Kier alpha value is -1.47. The average molecular weight is 332 g/mol. The van der Waals surface area contributed by atoms with Gasteiger partial charge in [-0.2, -0.15) is 0 Å². The second-order valence-electron chi connectivity index (χ2n) is 3.60. The summed E-state index contributed by atoms with van der Waals surface area (Å²) in [5.74, 6) is 0. The molecule has 6 nitrogen and oxygen atoms in total. The first-order chi connectivity index (χ1) is 8.49. The zero-order valence-corrected chi connectivity index (χ0v) is 11.6. The van der Waals surface area contributed by atoms with Crippen molar-refractivity contribution in [1.82, 2.24) is 15.0 Å². The lowest BCUT2D eigenvalue weighted by Gasteiger charge is -2.01. The van der Waals surface area contributed by atoms with Gasteiger partial charge in [-0.3, -0.25) is 10.1 Å². The molecule has 0 amide bonds. The maximum Gasteiger partial charge on any atom is 0.288 e. The first kappa shape index (κ1) is 13.0. The van der Waals surface area contributed by atoms with E-state index in [0.29, 0.717) is 5.69 Å². The number of nitro benzene ring substituents is 1. The third-order valence-corrected chi connectivity index (χ3v) is 3.08. The predicted octanol–water partition coefficient (Wildman–Crippen LogP) is 3.28. The van der Waals surface area contributed by atoms with E-state index >= 15 is 0 Å². The van der Waals surface area contributed by atoms with Crippen LogP contribution in [0.4, 0.5) is 5.69 Å². The van der Waals surface area contributed by atoms with Gasteiger partial charge in [0.15, 0.2) is 0 Å². The second-order valence-corrected chi connectivity index (χ2v) is 5.38. The zero-order valence-electron chi connectivity index (χ0n) is 9.25. The Morgan fingerprint density at radius 1 is 1.56 bits per heavy atom. The molecule has 2 rings (SSSR count). The highest BCUT2D eigenvalue weighted by molar-refractivity contribution is 9.09. The molecule has 94 valence electrons. The lowest BCUT2D eigenvalue weighted by molar-refractivity contribution is -0.384. The summed E-state index contributed by atoms with van der Waals surface area (Å²) in [4.78, 5) is 10.2. The highest BCUT2D eigenvalue weighted by atomic mass is 79.9. The van der Waals surface area contributed by atoms with Crippen LogP contribution in [0.25, 0.3) is 5.69 Å². The molecular formula is C10H8BrClN4O2. The van der Waals surface area contributed by atoms with Gasteiger partial charge in [0.1, 0.15) is 5.02 Å². The van der Waals surface area contributed by atoms with Crippen LogP contribution in [-0.4, -0.2) is 19.9 Å². The smallest absolute Gasteiger partial charge is 0.258 e. The second kappa shape index (κ2) is 5.03. The van der Waals surface area contributed by atoms with Crippen molar-refractivity contribution in [3.05, 3.63) is 45.2 Å². The average Bonchev–Trinajstić information content (AvgIpc) is 2.77. The van der Waals surface area contributed by atoms with Gasteiger partial charge in [0, 0.05) is 6.07 Å². The van der Waals surface area contributed by atoms with Crippen molar-refractivity contribution < 1.29 is 4.92 Å². The Balaban J connectivity index is 2.39. The molecule has 0 N–H and O–H groups in total. The number of halogens is 2. The molecule has 0 aliphatic rings. The molecule has 0 saturated carbocycles.